The van der Waals surface area contributed by atoms with Crippen LogP contribution in [0.25, 0.3) is 0 Å². The van der Waals surface area contributed by atoms with Crippen LogP contribution in [0.1, 0.15) is 60.4 Å². The highest BCUT2D eigenvalue weighted by Crippen LogP contribution is 2.15. The number of rotatable bonds is 9. The number of amides is 1. The van der Waals surface area contributed by atoms with Gasteiger partial charge in [0.05, 0.1) is 0 Å². The van der Waals surface area contributed by atoms with Crippen molar-refractivity contribution in [1.82, 2.24) is 0 Å². The molecule has 0 bridgehead atoms. The lowest BCUT2D eigenvalue weighted by atomic mass is 10.0. The maximum absolute atomic E-state index is 11.9. The summed E-state index contributed by atoms with van der Waals surface area (Å²) >= 11 is 0. The van der Waals surface area contributed by atoms with E-state index in [1.807, 2.05) is 45.9 Å². The molecule has 0 saturated carbocycles. The molecule has 0 aliphatic carbocycles. The predicted octanol–water partition coefficient (Wildman–Crippen LogP) is 4.86. The van der Waals surface area contributed by atoms with Crippen LogP contribution in [0.4, 0.5) is 5.69 Å². The Morgan fingerprint density at radius 2 is 1.91 bits per heavy atom. The fourth-order valence-corrected chi connectivity index (χ4v) is 2.17. The van der Waals surface area contributed by atoms with Gasteiger partial charge < -0.3 is 5.32 Å². The average Bonchev–Trinajstić information content (AvgIpc) is 2.50. The zero-order valence-electron chi connectivity index (χ0n) is 14.3. The normalized spacial score (nSPS) is 12.2. The maximum Gasteiger partial charge on any atom is 0.227 e. The Balaban J connectivity index is 0.00000484. The number of benzene rings is 1. The number of hydrogen-bond donors (Lipinski definition) is 1. The first-order valence-corrected chi connectivity index (χ1v) is 8.36. The molecule has 1 unspecified atom stereocenters. The lowest BCUT2D eigenvalue weighted by Crippen LogP contribution is -2.19. The van der Waals surface area contributed by atoms with E-state index in [9.17, 15) is 9.59 Å². The smallest absolute Gasteiger partial charge is 0.227 e. The van der Waals surface area contributed by atoms with Crippen molar-refractivity contribution in [2.75, 3.05) is 5.32 Å². The van der Waals surface area contributed by atoms with Gasteiger partial charge in [-0.15, -0.1) is 0 Å². The Morgan fingerprint density at radius 1 is 1.18 bits per heavy atom. The van der Waals surface area contributed by atoms with Crippen molar-refractivity contribution in [3.63, 3.8) is 0 Å². The van der Waals surface area contributed by atoms with Gasteiger partial charge >= 0.3 is 0 Å². The molecule has 124 valence electrons. The van der Waals surface area contributed by atoms with Gasteiger partial charge in [0.25, 0.3) is 0 Å². The van der Waals surface area contributed by atoms with Crippen LogP contribution < -0.4 is 5.32 Å². The van der Waals surface area contributed by atoms with Crippen LogP contribution in [0.2, 0.25) is 0 Å². The van der Waals surface area contributed by atoms with Gasteiger partial charge in [0.2, 0.25) is 5.91 Å². The molecule has 0 heterocycles. The van der Waals surface area contributed by atoms with Gasteiger partial charge in [-0.1, -0.05) is 39.8 Å². The second-order valence-corrected chi connectivity index (χ2v) is 6.33. The minimum absolute atomic E-state index is 0. The summed E-state index contributed by atoms with van der Waals surface area (Å²) in [5.41, 5.74) is 2.07. The van der Waals surface area contributed by atoms with Crippen LogP contribution in [0, 0.1) is 11.8 Å². The van der Waals surface area contributed by atoms with Crippen molar-refractivity contribution in [2.45, 2.75) is 59.8 Å². The summed E-state index contributed by atoms with van der Waals surface area (Å²) in [4.78, 5) is 23.5. The fourth-order valence-electron chi connectivity index (χ4n) is 2.17. The summed E-state index contributed by atoms with van der Waals surface area (Å²) in [5, 5.41) is 2.96. The SMILES string of the molecule is CCC(C)C(=O)Nc1cccc(CCCCC(=O)C(C)C)c1.[HH]. The van der Waals surface area contributed by atoms with E-state index in [-0.39, 0.29) is 19.2 Å². The summed E-state index contributed by atoms with van der Waals surface area (Å²) in [5.74, 6) is 0.585. The summed E-state index contributed by atoms with van der Waals surface area (Å²) in [7, 11) is 0. The number of carbonyl (C=O) groups is 2. The highest BCUT2D eigenvalue weighted by molar-refractivity contribution is 5.92. The lowest BCUT2D eigenvalue weighted by molar-refractivity contribution is -0.122. The van der Waals surface area contributed by atoms with Crippen LogP contribution in [-0.4, -0.2) is 11.7 Å². The van der Waals surface area contributed by atoms with Crippen molar-refractivity contribution in [3.05, 3.63) is 29.8 Å². The van der Waals surface area contributed by atoms with Gasteiger partial charge in [-0.05, 0) is 43.4 Å². The largest absolute Gasteiger partial charge is 0.326 e. The third kappa shape index (κ3) is 6.42. The van der Waals surface area contributed by atoms with Crippen molar-refractivity contribution in [2.24, 2.45) is 11.8 Å². The van der Waals surface area contributed by atoms with Gasteiger partial charge in [0.15, 0.2) is 0 Å². The number of unbranched alkanes of at least 4 members (excludes halogenated alkanes) is 1. The third-order valence-electron chi connectivity index (χ3n) is 4.04. The summed E-state index contributed by atoms with van der Waals surface area (Å²) in [6, 6.07) is 8.00. The number of nitrogens with one attached hydrogen (secondary N) is 1. The minimum atomic E-state index is 0. The Morgan fingerprint density at radius 3 is 2.55 bits per heavy atom. The van der Waals surface area contributed by atoms with E-state index in [0.29, 0.717) is 12.2 Å². The Hall–Kier alpha value is -1.64. The molecule has 1 N–H and O–H groups in total. The molecule has 1 aromatic carbocycles. The lowest BCUT2D eigenvalue weighted by Gasteiger charge is -2.11. The van der Waals surface area contributed by atoms with E-state index in [0.717, 1.165) is 31.4 Å². The van der Waals surface area contributed by atoms with Crippen LogP contribution >= 0.6 is 0 Å². The molecule has 0 spiro atoms. The number of carbonyl (C=O) groups excluding carboxylic acids is 2. The highest BCUT2D eigenvalue weighted by Gasteiger charge is 2.10. The molecular formula is C19H31NO2. The topological polar surface area (TPSA) is 46.2 Å². The first-order chi connectivity index (χ1) is 10.4. The number of aryl methyl sites for hydroxylation is 1. The number of ketones is 1. The Bertz CT molecular complexity index is 500. The monoisotopic (exact) mass is 305 g/mol. The standard InChI is InChI=1S/C19H29NO2.H2/c1-5-15(4)19(22)20-17-11-8-10-16(13-17)9-6-7-12-18(21)14(2)3;/h8,10-11,13-15H,5-7,9,12H2,1-4H3,(H,20,22);1H. The molecule has 22 heavy (non-hydrogen) atoms. The molecule has 1 rings (SSSR count). The van der Waals surface area contributed by atoms with Gasteiger partial charge in [0, 0.05) is 25.4 Å². The number of Topliss-reactive ketones (excluding diaryl/α,β-unsaturated/α-hetero) is 1. The molecule has 0 aliphatic rings. The highest BCUT2D eigenvalue weighted by atomic mass is 16.1. The number of hydrogen-bond acceptors (Lipinski definition) is 2. The van der Waals surface area contributed by atoms with E-state index in [1.165, 1.54) is 5.56 Å². The molecule has 1 aromatic rings. The zero-order chi connectivity index (χ0) is 16.5. The quantitative estimate of drug-likeness (QED) is 0.662. The van der Waals surface area contributed by atoms with Gasteiger partial charge in [0.1, 0.15) is 5.78 Å². The predicted molar refractivity (Wildman–Crippen MR) is 94.0 cm³/mol. The summed E-state index contributed by atoms with van der Waals surface area (Å²) < 4.78 is 0. The van der Waals surface area contributed by atoms with Crippen molar-refractivity contribution in [3.8, 4) is 0 Å². The molecule has 1 atom stereocenters. The third-order valence-corrected chi connectivity index (χ3v) is 4.04. The van der Waals surface area contributed by atoms with Crippen LogP contribution in [-0.2, 0) is 16.0 Å². The summed E-state index contributed by atoms with van der Waals surface area (Å²) in [6.45, 7) is 7.85. The van der Waals surface area contributed by atoms with Crippen molar-refractivity contribution in [1.29, 1.82) is 0 Å². The Labute approximate surface area is 136 Å². The van der Waals surface area contributed by atoms with E-state index >= 15 is 0 Å². The number of anilines is 1. The van der Waals surface area contributed by atoms with Crippen LogP contribution in [0.15, 0.2) is 24.3 Å². The maximum atomic E-state index is 11.9. The first-order valence-electron chi connectivity index (χ1n) is 8.36. The second-order valence-electron chi connectivity index (χ2n) is 6.33. The second kappa shape index (κ2) is 9.39. The molecular weight excluding hydrogens is 274 g/mol. The minimum Gasteiger partial charge on any atom is -0.326 e. The summed E-state index contributed by atoms with van der Waals surface area (Å²) in [6.07, 6.45) is 4.39. The van der Waals surface area contributed by atoms with Gasteiger partial charge in [-0.25, -0.2) is 0 Å². The molecule has 0 saturated heterocycles. The van der Waals surface area contributed by atoms with Crippen LogP contribution in [0.3, 0.4) is 0 Å². The van der Waals surface area contributed by atoms with Gasteiger partial charge in [-0.3, -0.25) is 9.59 Å². The van der Waals surface area contributed by atoms with E-state index in [2.05, 4.69) is 11.4 Å². The molecule has 0 radical (unpaired) electrons. The van der Waals surface area contributed by atoms with E-state index < -0.39 is 0 Å². The first kappa shape index (κ1) is 18.4. The Kier molecular flexibility index (Phi) is 7.86. The molecule has 3 heteroatoms. The van der Waals surface area contributed by atoms with Crippen LogP contribution in [0.5, 0.6) is 0 Å². The van der Waals surface area contributed by atoms with Gasteiger partial charge in [-0.2, -0.15) is 0 Å². The average molecular weight is 305 g/mol. The molecule has 0 aliphatic heterocycles. The van der Waals surface area contributed by atoms with Crippen molar-refractivity contribution >= 4 is 17.4 Å². The molecule has 0 aromatic heterocycles. The van der Waals surface area contributed by atoms with E-state index in [1.54, 1.807) is 0 Å². The zero-order valence-corrected chi connectivity index (χ0v) is 14.3. The molecule has 1 amide bonds. The molecule has 0 fully saturated rings. The van der Waals surface area contributed by atoms with Crippen molar-refractivity contribution < 1.29 is 11.0 Å². The van der Waals surface area contributed by atoms with E-state index in [4.69, 9.17) is 0 Å². The molecule has 3 nitrogen and oxygen atoms in total. The fraction of sp³-hybridized carbons (Fsp3) is 0.579.